The molecule has 0 aliphatic carbocycles. The van der Waals surface area contributed by atoms with E-state index in [4.69, 9.17) is 10.5 Å². The summed E-state index contributed by atoms with van der Waals surface area (Å²) in [6, 6.07) is 14.6. The lowest BCUT2D eigenvalue weighted by molar-refractivity contribution is -0.140. The second kappa shape index (κ2) is 12.2. The van der Waals surface area contributed by atoms with E-state index in [0.29, 0.717) is 29.8 Å². The fourth-order valence-electron chi connectivity index (χ4n) is 4.64. The van der Waals surface area contributed by atoms with Gasteiger partial charge in [-0.3, -0.25) is 19.0 Å². The molecule has 7 heteroatoms. The maximum atomic E-state index is 13.5. The maximum absolute atomic E-state index is 13.5. The number of hydrogen-bond acceptors (Lipinski definition) is 5. The van der Waals surface area contributed by atoms with Crippen molar-refractivity contribution in [3.63, 3.8) is 0 Å². The van der Waals surface area contributed by atoms with Crippen molar-refractivity contribution in [2.24, 2.45) is 5.73 Å². The molecule has 186 valence electrons. The van der Waals surface area contributed by atoms with Gasteiger partial charge in [-0.05, 0) is 55.7 Å². The van der Waals surface area contributed by atoms with Gasteiger partial charge in [-0.25, -0.2) is 0 Å². The number of primary amides is 1. The number of amides is 1. The van der Waals surface area contributed by atoms with E-state index < -0.39 is 11.8 Å². The number of unbranched alkanes of at least 4 members (excludes halogenated alkanes) is 4. The lowest BCUT2D eigenvalue weighted by atomic mass is 9.90. The largest absolute Gasteiger partial charge is 0.497 e. The number of benzene rings is 2. The predicted molar refractivity (Wildman–Crippen MR) is 136 cm³/mol. The number of esters is 1. The van der Waals surface area contributed by atoms with E-state index in [0.717, 1.165) is 48.6 Å². The van der Waals surface area contributed by atoms with Gasteiger partial charge in [0.1, 0.15) is 5.75 Å². The molecule has 0 fully saturated rings. The van der Waals surface area contributed by atoms with E-state index in [2.05, 4.69) is 4.74 Å². The van der Waals surface area contributed by atoms with Gasteiger partial charge in [0.05, 0.1) is 25.7 Å². The third kappa shape index (κ3) is 6.10. The second-order valence-electron chi connectivity index (χ2n) is 8.73. The summed E-state index contributed by atoms with van der Waals surface area (Å²) in [6.07, 6.45) is 5.43. The van der Waals surface area contributed by atoms with E-state index in [1.807, 2.05) is 43.3 Å². The average Bonchev–Trinajstić information content (AvgIpc) is 3.15. The number of carbonyl (C=O) groups excluding carboxylic acids is 3. The van der Waals surface area contributed by atoms with Gasteiger partial charge in [0.25, 0.3) is 5.91 Å². The van der Waals surface area contributed by atoms with Crippen molar-refractivity contribution in [1.82, 2.24) is 4.57 Å². The molecule has 0 aliphatic heterocycles. The van der Waals surface area contributed by atoms with Crippen molar-refractivity contribution in [1.29, 1.82) is 0 Å². The van der Waals surface area contributed by atoms with Crippen LogP contribution in [-0.4, -0.2) is 36.6 Å². The molecular weight excluding hydrogens is 444 g/mol. The minimum absolute atomic E-state index is 0.154. The quantitative estimate of drug-likeness (QED) is 0.288. The zero-order valence-corrected chi connectivity index (χ0v) is 20.7. The van der Waals surface area contributed by atoms with E-state index in [9.17, 15) is 14.4 Å². The molecular formula is C28H34N2O5. The van der Waals surface area contributed by atoms with Crippen LogP contribution in [0.2, 0.25) is 0 Å². The van der Waals surface area contributed by atoms with E-state index in [1.54, 1.807) is 23.8 Å². The first kappa shape index (κ1) is 26.0. The number of hydrogen-bond donors (Lipinski definition) is 1. The molecule has 2 N–H and O–H groups in total. The van der Waals surface area contributed by atoms with Crippen LogP contribution in [0.1, 0.15) is 72.5 Å². The van der Waals surface area contributed by atoms with Gasteiger partial charge in [-0.1, -0.05) is 43.9 Å². The van der Waals surface area contributed by atoms with E-state index in [-0.39, 0.29) is 11.9 Å². The molecule has 0 spiro atoms. The number of carbonyl (C=O) groups is 3. The Bertz CT molecular complexity index is 1180. The van der Waals surface area contributed by atoms with Gasteiger partial charge in [-0.15, -0.1) is 0 Å². The lowest BCUT2D eigenvalue weighted by Crippen LogP contribution is -2.22. The normalized spacial score (nSPS) is 11.9. The molecule has 3 aromatic rings. The maximum Gasteiger partial charge on any atom is 0.305 e. The van der Waals surface area contributed by atoms with Crippen LogP contribution in [0.3, 0.4) is 0 Å². The van der Waals surface area contributed by atoms with Crippen LogP contribution in [0.25, 0.3) is 10.9 Å². The zero-order valence-electron chi connectivity index (χ0n) is 20.7. The van der Waals surface area contributed by atoms with Crippen LogP contribution in [0.15, 0.2) is 48.5 Å². The Labute approximate surface area is 206 Å². The monoisotopic (exact) mass is 478 g/mol. The fraction of sp³-hybridized carbons (Fsp3) is 0.393. The van der Waals surface area contributed by atoms with Crippen LogP contribution in [0.4, 0.5) is 0 Å². The number of ether oxygens (including phenoxy) is 2. The summed E-state index contributed by atoms with van der Waals surface area (Å²) in [4.78, 5) is 37.3. The first-order chi connectivity index (χ1) is 16.9. The summed E-state index contributed by atoms with van der Waals surface area (Å²) in [5.41, 5.74) is 8.67. The number of rotatable bonds is 12. The number of aromatic nitrogens is 1. The van der Waals surface area contributed by atoms with Gasteiger partial charge in [-0.2, -0.15) is 0 Å². The highest BCUT2D eigenvalue weighted by Gasteiger charge is 2.28. The van der Waals surface area contributed by atoms with Gasteiger partial charge >= 0.3 is 5.97 Å². The third-order valence-electron chi connectivity index (χ3n) is 6.48. The first-order valence-corrected chi connectivity index (χ1v) is 12.0. The Morgan fingerprint density at radius 2 is 1.63 bits per heavy atom. The third-order valence-corrected chi connectivity index (χ3v) is 6.48. The number of nitrogens with zero attached hydrogens (tertiary/aromatic N) is 1. The first-order valence-electron chi connectivity index (χ1n) is 12.0. The fourth-order valence-corrected chi connectivity index (χ4v) is 4.64. The van der Waals surface area contributed by atoms with Crippen LogP contribution in [0.5, 0.6) is 5.75 Å². The highest BCUT2D eigenvalue weighted by molar-refractivity contribution is 6.05. The minimum atomic E-state index is -0.524. The Kier molecular flexibility index (Phi) is 9.06. The van der Waals surface area contributed by atoms with Gasteiger partial charge in [0, 0.05) is 23.1 Å². The number of nitrogens with two attached hydrogens (primary N) is 1. The highest BCUT2D eigenvalue weighted by atomic mass is 16.5. The Morgan fingerprint density at radius 1 is 0.943 bits per heavy atom. The summed E-state index contributed by atoms with van der Waals surface area (Å²) < 4.78 is 11.8. The average molecular weight is 479 g/mol. The van der Waals surface area contributed by atoms with Crippen molar-refractivity contribution >= 4 is 28.7 Å². The summed E-state index contributed by atoms with van der Waals surface area (Å²) in [5.74, 6) is -0.626. The molecule has 0 saturated heterocycles. The van der Waals surface area contributed by atoms with Crippen molar-refractivity contribution in [2.75, 3.05) is 14.2 Å². The summed E-state index contributed by atoms with van der Waals surface area (Å²) in [7, 11) is 2.99. The molecule has 2 aromatic carbocycles. The zero-order chi connectivity index (χ0) is 25.4. The van der Waals surface area contributed by atoms with Crippen LogP contribution < -0.4 is 10.5 Å². The highest BCUT2D eigenvalue weighted by Crippen LogP contribution is 2.37. The Hall–Kier alpha value is -3.61. The van der Waals surface area contributed by atoms with Crippen molar-refractivity contribution in [3.05, 3.63) is 65.4 Å². The van der Waals surface area contributed by atoms with Crippen LogP contribution in [-0.2, 0) is 14.3 Å². The number of methoxy groups -OCH3 is 2. The Morgan fingerprint density at radius 3 is 2.29 bits per heavy atom. The molecule has 1 amide bonds. The molecule has 1 atom stereocenters. The Balaban J connectivity index is 1.87. The van der Waals surface area contributed by atoms with Crippen molar-refractivity contribution in [2.45, 2.75) is 57.8 Å². The number of fused-ring (bicyclic) bond motifs is 1. The molecule has 1 unspecified atom stereocenters. The molecule has 7 nitrogen and oxygen atoms in total. The topological polar surface area (TPSA) is 101 Å². The molecule has 0 aliphatic rings. The van der Waals surface area contributed by atoms with E-state index >= 15 is 0 Å². The molecule has 1 heterocycles. The lowest BCUT2D eigenvalue weighted by Gasteiger charge is -2.15. The molecule has 0 radical (unpaired) electrons. The minimum Gasteiger partial charge on any atom is -0.497 e. The smallest absolute Gasteiger partial charge is 0.305 e. The van der Waals surface area contributed by atoms with E-state index in [1.165, 1.54) is 7.11 Å². The molecule has 35 heavy (non-hydrogen) atoms. The molecule has 0 saturated carbocycles. The van der Waals surface area contributed by atoms with Gasteiger partial charge in [0.2, 0.25) is 5.91 Å². The second-order valence-corrected chi connectivity index (χ2v) is 8.73. The van der Waals surface area contributed by atoms with Gasteiger partial charge < -0.3 is 15.2 Å². The molecule has 3 rings (SSSR count). The van der Waals surface area contributed by atoms with Crippen LogP contribution >= 0.6 is 0 Å². The van der Waals surface area contributed by atoms with Crippen LogP contribution in [0, 0.1) is 6.92 Å². The predicted octanol–water partition coefficient (Wildman–Crippen LogP) is 5.12. The summed E-state index contributed by atoms with van der Waals surface area (Å²) >= 11 is 0. The molecule has 1 aromatic heterocycles. The summed E-state index contributed by atoms with van der Waals surface area (Å²) in [5, 5.41) is 0.799. The van der Waals surface area contributed by atoms with Gasteiger partial charge in [0.15, 0.2) is 0 Å². The standard InChI is InChI=1S/C28H34N2O5/c1-19-26(22(27(29)32)14-10-5-4-6-11-15-25(31)35-3)23-18-21(34-2)16-17-24(23)30(19)28(33)20-12-8-7-9-13-20/h7-9,12-13,16-18,22H,4-6,10-11,14-15H2,1-3H3,(H2,29,32). The summed E-state index contributed by atoms with van der Waals surface area (Å²) in [6.45, 7) is 1.87. The van der Waals surface area contributed by atoms with Crippen molar-refractivity contribution < 1.29 is 23.9 Å². The SMILES string of the molecule is COC(=O)CCCCCCCC(C(N)=O)c1c(C)n(C(=O)c2ccccc2)c2ccc(OC)cc12. The van der Waals surface area contributed by atoms with Crippen molar-refractivity contribution in [3.8, 4) is 5.75 Å². The molecule has 0 bridgehead atoms.